The SMILES string of the molecule is COC(=O)C1(C(=O)OC)Cc2c(OC)ccc(OC)c2CO1. The molecule has 1 aromatic rings. The van der Waals surface area contributed by atoms with Crippen molar-refractivity contribution >= 4 is 11.9 Å². The Balaban J connectivity index is 2.56. The van der Waals surface area contributed by atoms with Gasteiger partial charge in [-0.3, -0.25) is 0 Å². The van der Waals surface area contributed by atoms with E-state index in [-0.39, 0.29) is 13.0 Å². The molecule has 0 saturated heterocycles. The van der Waals surface area contributed by atoms with Crippen LogP contribution in [0.5, 0.6) is 11.5 Å². The molecule has 1 heterocycles. The van der Waals surface area contributed by atoms with Crippen LogP contribution in [0.3, 0.4) is 0 Å². The predicted octanol–water partition coefficient (Wildman–Crippen LogP) is 0.861. The van der Waals surface area contributed by atoms with Crippen LogP contribution in [0, 0.1) is 0 Å². The second kappa shape index (κ2) is 6.23. The third-order valence-corrected chi connectivity index (χ3v) is 3.70. The summed E-state index contributed by atoms with van der Waals surface area (Å²) in [5.41, 5.74) is -0.454. The molecular weight excluding hydrogens is 292 g/mol. The highest BCUT2D eigenvalue weighted by Crippen LogP contribution is 2.39. The smallest absolute Gasteiger partial charge is 0.350 e. The van der Waals surface area contributed by atoms with Crippen molar-refractivity contribution in [1.82, 2.24) is 0 Å². The molecule has 1 aliphatic heterocycles. The number of carbonyl (C=O) groups excluding carboxylic acids is 2. The molecule has 7 nitrogen and oxygen atoms in total. The zero-order chi connectivity index (χ0) is 16.3. The van der Waals surface area contributed by atoms with Crippen molar-refractivity contribution in [3.05, 3.63) is 23.3 Å². The Morgan fingerprint density at radius 2 is 1.45 bits per heavy atom. The molecule has 0 unspecified atom stereocenters. The van der Waals surface area contributed by atoms with E-state index in [1.807, 2.05) is 0 Å². The van der Waals surface area contributed by atoms with E-state index in [0.29, 0.717) is 17.1 Å². The molecule has 0 N–H and O–H groups in total. The van der Waals surface area contributed by atoms with Crippen LogP contribution in [0.15, 0.2) is 12.1 Å². The maximum Gasteiger partial charge on any atom is 0.350 e. The molecule has 0 aliphatic carbocycles. The number of carbonyl (C=O) groups is 2. The number of rotatable bonds is 4. The fourth-order valence-corrected chi connectivity index (χ4v) is 2.56. The molecule has 0 fully saturated rings. The van der Waals surface area contributed by atoms with E-state index in [1.54, 1.807) is 12.1 Å². The lowest BCUT2D eigenvalue weighted by Gasteiger charge is -2.34. The summed E-state index contributed by atoms with van der Waals surface area (Å²) in [6, 6.07) is 3.45. The third kappa shape index (κ3) is 2.37. The monoisotopic (exact) mass is 310 g/mol. The predicted molar refractivity (Wildman–Crippen MR) is 74.8 cm³/mol. The summed E-state index contributed by atoms with van der Waals surface area (Å²) >= 11 is 0. The van der Waals surface area contributed by atoms with Crippen molar-refractivity contribution in [2.75, 3.05) is 28.4 Å². The van der Waals surface area contributed by atoms with E-state index in [1.165, 1.54) is 28.4 Å². The van der Waals surface area contributed by atoms with Gasteiger partial charge in [-0.15, -0.1) is 0 Å². The number of methoxy groups -OCH3 is 4. The van der Waals surface area contributed by atoms with E-state index in [9.17, 15) is 9.59 Å². The Hall–Kier alpha value is -2.28. The Kier molecular flexibility index (Phi) is 4.56. The Morgan fingerprint density at radius 1 is 0.955 bits per heavy atom. The largest absolute Gasteiger partial charge is 0.496 e. The maximum absolute atomic E-state index is 12.1. The first-order chi connectivity index (χ1) is 10.5. The number of esters is 2. The van der Waals surface area contributed by atoms with Crippen molar-refractivity contribution in [2.24, 2.45) is 0 Å². The summed E-state index contributed by atoms with van der Waals surface area (Å²) in [6.07, 6.45) is -0.0535. The zero-order valence-corrected chi connectivity index (χ0v) is 12.9. The van der Waals surface area contributed by atoms with Gasteiger partial charge >= 0.3 is 11.9 Å². The second-order valence-corrected chi connectivity index (χ2v) is 4.70. The highest BCUT2D eigenvalue weighted by molar-refractivity contribution is 6.04. The Bertz CT molecular complexity index is 578. The molecule has 0 amide bonds. The molecule has 0 spiro atoms. The van der Waals surface area contributed by atoms with Gasteiger partial charge in [0.25, 0.3) is 5.60 Å². The van der Waals surface area contributed by atoms with E-state index in [4.69, 9.17) is 23.7 Å². The highest BCUT2D eigenvalue weighted by atomic mass is 16.6. The average molecular weight is 310 g/mol. The van der Waals surface area contributed by atoms with Crippen molar-refractivity contribution in [2.45, 2.75) is 18.6 Å². The summed E-state index contributed by atoms with van der Waals surface area (Å²) < 4.78 is 25.6. The molecule has 2 rings (SSSR count). The van der Waals surface area contributed by atoms with Crippen LogP contribution in [0.1, 0.15) is 11.1 Å². The lowest BCUT2D eigenvalue weighted by molar-refractivity contribution is -0.191. The van der Waals surface area contributed by atoms with Gasteiger partial charge in [0.1, 0.15) is 11.5 Å². The standard InChI is InChI=1S/C15H18O7/c1-18-11-5-6-12(19-2)10-8-22-15(7-9(10)11,13(16)20-3)14(17)21-4/h5-6H,7-8H2,1-4H3. The van der Waals surface area contributed by atoms with Crippen LogP contribution in [0.25, 0.3) is 0 Å². The van der Waals surface area contributed by atoms with Gasteiger partial charge in [-0.1, -0.05) is 0 Å². The number of hydrogen-bond acceptors (Lipinski definition) is 7. The normalized spacial score (nSPS) is 15.5. The molecule has 120 valence electrons. The van der Waals surface area contributed by atoms with E-state index < -0.39 is 17.5 Å². The minimum Gasteiger partial charge on any atom is -0.496 e. The van der Waals surface area contributed by atoms with Crippen LogP contribution in [0.2, 0.25) is 0 Å². The quantitative estimate of drug-likeness (QED) is 0.602. The summed E-state index contributed by atoms with van der Waals surface area (Å²) in [7, 11) is 5.42. The van der Waals surface area contributed by atoms with E-state index >= 15 is 0 Å². The third-order valence-electron chi connectivity index (χ3n) is 3.70. The van der Waals surface area contributed by atoms with E-state index in [2.05, 4.69) is 0 Å². The highest BCUT2D eigenvalue weighted by Gasteiger charge is 2.53. The first kappa shape index (κ1) is 16.1. The molecule has 0 aromatic heterocycles. The number of fused-ring (bicyclic) bond motifs is 1. The van der Waals surface area contributed by atoms with Gasteiger partial charge in [0, 0.05) is 17.5 Å². The molecule has 0 saturated carbocycles. The number of hydrogen-bond donors (Lipinski definition) is 0. The Labute approximate surface area is 128 Å². The lowest BCUT2D eigenvalue weighted by atomic mass is 9.87. The maximum atomic E-state index is 12.1. The molecule has 0 atom stereocenters. The van der Waals surface area contributed by atoms with E-state index in [0.717, 1.165) is 5.56 Å². The topological polar surface area (TPSA) is 80.3 Å². The summed E-state index contributed by atoms with van der Waals surface area (Å²) in [4.78, 5) is 24.3. The van der Waals surface area contributed by atoms with Crippen LogP contribution >= 0.6 is 0 Å². The van der Waals surface area contributed by atoms with Crippen LogP contribution < -0.4 is 9.47 Å². The minimum absolute atomic E-state index is 0.0000926. The van der Waals surface area contributed by atoms with Gasteiger partial charge in [0.15, 0.2) is 0 Å². The van der Waals surface area contributed by atoms with Gasteiger partial charge in [0.2, 0.25) is 0 Å². The average Bonchev–Trinajstić information content (AvgIpc) is 2.58. The van der Waals surface area contributed by atoms with Crippen molar-refractivity contribution < 1.29 is 33.3 Å². The number of benzene rings is 1. The first-order valence-corrected chi connectivity index (χ1v) is 6.57. The molecular formula is C15H18O7. The summed E-state index contributed by atoms with van der Waals surface area (Å²) in [5.74, 6) is -0.486. The van der Waals surface area contributed by atoms with Crippen LogP contribution in [-0.4, -0.2) is 46.0 Å². The van der Waals surface area contributed by atoms with Crippen LogP contribution in [0.4, 0.5) is 0 Å². The minimum atomic E-state index is -1.84. The molecule has 7 heteroatoms. The molecule has 1 aliphatic rings. The fraction of sp³-hybridized carbons (Fsp3) is 0.467. The summed E-state index contributed by atoms with van der Waals surface area (Å²) in [5, 5.41) is 0. The fourth-order valence-electron chi connectivity index (χ4n) is 2.56. The zero-order valence-electron chi connectivity index (χ0n) is 12.9. The van der Waals surface area contributed by atoms with Crippen molar-refractivity contribution in [3.63, 3.8) is 0 Å². The van der Waals surface area contributed by atoms with Crippen molar-refractivity contribution in [1.29, 1.82) is 0 Å². The number of ether oxygens (including phenoxy) is 5. The van der Waals surface area contributed by atoms with Crippen molar-refractivity contribution in [3.8, 4) is 11.5 Å². The summed E-state index contributed by atoms with van der Waals surface area (Å²) in [6.45, 7) is -0.0000926. The van der Waals surface area contributed by atoms with Gasteiger partial charge in [-0.2, -0.15) is 0 Å². The molecule has 0 bridgehead atoms. The second-order valence-electron chi connectivity index (χ2n) is 4.70. The lowest BCUT2D eigenvalue weighted by Crippen LogP contribution is -2.54. The van der Waals surface area contributed by atoms with Crippen LogP contribution in [-0.2, 0) is 36.8 Å². The molecule has 1 aromatic carbocycles. The molecule has 0 radical (unpaired) electrons. The van der Waals surface area contributed by atoms with Gasteiger partial charge in [-0.25, -0.2) is 9.59 Å². The Morgan fingerprint density at radius 3 is 1.91 bits per heavy atom. The van der Waals surface area contributed by atoms with Gasteiger partial charge in [-0.05, 0) is 12.1 Å². The molecule has 22 heavy (non-hydrogen) atoms. The van der Waals surface area contributed by atoms with Gasteiger partial charge < -0.3 is 23.7 Å². The van der Waals surface area contributed by atoms with Gasteiger partial charge in [0.05, 0.1) is 35.0 Å². The first-order valence-electron chi connectivity index (χ1n) is 6.57.